The topological polar surface area (TPSA) is 58.6 Å². The van der Waals surface area contributed by atoms with Crippen molar-refractivity contribution in [1.82, 2.24) is 10.2 Å². The van der Waals surface area contributed by atoms with Gasteiger partial charge in [0.1, 0.15) is 17.4 Å². The van der Waals surface area contributed by atoms with E-state index in [4.69, 9.17) is 4.74 Å². The third kappa shape index (κ3) is 5.55. The van der Waals surface area contributed by atoms with Gasteiger partial charge in [-0.25, -0.2) is 8.78 Å². The van der Waals surface area contributed by atoms with Gasteiger partial charge in [-0.05, 0) is 69.0 Å². The summed E-state index contributed by atoms with van der Waals surface area (Å²) in [6.45, 7) is 5.31. The standard InChI is InChI=1S/C23H26F2N2O3/c1-15(2)26-22(28)17-3-6-19(7-4-17)30-14-16-9-11-27(12-10-16)23(29)20-8-5-18(24)13-21(20)25/h3-8,13,15-16H,9-12,14H2,1-2H3,(H,26,28). The number of nitrogens with zero attached hydrogens (tertiary/aromatic N) is 1. The molecule has 1 heterocycles. The summed E-state index contributed by atoms with van der Waals surface area (Å²) in [6.07, 6.45) is 1.48. The van der Waals surface area contributed by atoms with Gasteiger partial charge in [-0.2, -0.15) is 0 Å². The molecule has 0 radical (unpaired) electrons. The summed E-state index contributed by atoms with van der Waals surface area (Å²) in [7, 11) is 0. The number of halogens is 2. The van der Waals surface area contributed by atoms with Gasteiger partial charge in [0.2, 0.25) is 0 Å². The number of hydrogen-bond donors (Lipinski definition) is 1. The van der Waals surface area contributed by atoms with Crippen LogP contribution in [-0.2, 0) is 0 Å². The second-order valence-corrected chi connectivity index (χ2v) is 7.82. The Labute approximate surface area is 175 Å². The fraction of sp³-hybridized carbons (Fsp3) is 0.391. The number of likely N-dealkylation sites (tertiary alicyclic amines) is 1. The van der Waals surface area contributed by atoms with Crippen molar-refractivity contribution in [2.24, 2.45) is 5.92 Å². The van der Waals surface area contributed by atoms with Gasteiger partial charge in [-0.15, -0.1) is 0 Å². The number of ether oxygens (including phenoxy) is 1. The van der Waals surface area contributed by atoms with E-state index in [0.717, 1.165) is 25.0 Å². The molecule has 30 heavy (non-hydrogen) atoms. The molecule has 1 aliphatic heterocycles. The zero-order valence-electron chi connectivity index (χ0n) is 17.2. The normalized spacial score (nSPS) is 14.6. The van der Waals surface area contributed by atoms with E-state index in [1.54, 1.807) is 29.2 Å². The van der Waals surface area contributed by atoms with Crippen LogP contribution < -0.4 is 10.1 Å². The third-order valence-electron chi connectivity index (χ3n) is 5.09. The van der Waals surface area contributed by atoms with E-state index >= 15 is 0 Å². The van der Waals surface area contributed by atoms with Crippen molar-refractivity contribution in [3.05, 3.63) is 65.2 Å². The maximum Gasteiger partial charge on any atom is 0.256 e. The highest BCUT2D eigenvalue weighted by Gasteiger charge is 2.25. The highest BCUT2D eigenvalue weighted by Crippen LogP contribution is 2.22. The number of rotatable bonds is 6. The summed E-state index contributed by atoms with van der Waals surface area (Å²) in [5.74, 6) is -1.11. The highest BCUT2D eigenvalue weighted by atomic mass is 19.1. The molecule has 1 aliphatic rings. The number of piperidine rings is 1. The number of hydrogen-bond acceptors (Lipinski definition) is 3. The van der Waals surface area contributed by atoms with E-state index in [2.05, 4.69) is 5.32 Å². The number of benzene rings is 2. The van der Waals surface area contributed by atoms with Gasteiger partial charge in [0, 0.05) is 30.8 Å². The fourth-order valence-corrected chi connectivity index (χ4v) is 3.40. The van der Waals surface area contributed by atoms with Gasteiger partial charge in [-0.1, -0.05) is 0 Å². The molecule has 1 fully saturated rings. The molecule has 2 amide bonds. The maximum absolute atomic E-state index is 13.8. The molecule has 0 aliphatic carbocycles. The highest BCUT2D eigenvalue weighted by molar-refractivity contribution is 5.95. The Morgan fingerprint density at radius 2 is 1.77 bits per heavy atom. The molecular weight excluding hydrogens is 390 g/mol. The van der Waals surface area contributed by atoms with Crippen molar-refractivity contribution < 1.29 is 23.1 Å². The molecule has 5 nitrogen and oxygen atoms in total. The average Bonchev–Trinajstić information content (AvgIpc) is 2.72. The molecule has 0 atom stereocenters. The molecule has 0 unspecified atom stereocenters. The third-order valence-corrected chi connectivity index (χ3v) is 5.09. The van der Waals surface area contributed by atoms with Crippen LogP contribution in [0.2, 0.25) is 0 Å². The van der Waals surface area contributed by atoms with Gasteiger partial charge < -0.3 is 15.0 Å². The van der Waals surface area contributed by atoms with Gasteiger partial charge in [0.15, 0.2) is 0 Å². The Kier molecular flexibility index (Phi) is 7.03. The Balaban J connectivity index is 1.47. The smallest absolute Gasteiger partial charge is 0.256 e. The molecule has 1 N–H and O–H groups in total. The fourth-order valence-electron chi connectivity index (χ4n) is 3.40. The summed E-state index contributed by atoms with van der Waals surface area (Å²) >= 11 is 0. The van der Waals surface area contributed by atoms with Crippen LogP contribution in [0.3, 0.4) is 0 Å². The molecular formula is C23H26F2N2O3. The van der Waals surface area contributed by atoms with Crippen LogP contribution in [0.4, 0.5) is 8.78 Å². The Morgan fingerprint density at radius 3 is 2.37 bits per heavy atom. The summed E-state index contributed by atoms with van der Waals surface area (Å²) in [6, 6.07) is 10.1. The van der Waals surface area contributed by atoms with Crippen molar-refractivity contribution in [3.63, 3.8) is 0 Å². The van der Waals surface area contributed by atoms with Gasteiger partial charge in [0.05, 0.1) is 12.2 Å². The van der Waals surface area contributed by atoms with E-state index in [1.807, 2.05) is 13.8 Å². The van der Waals surface area contributed by atoms with E-state index in [0.29, 0.717) is 31.0 Å². The van der Waals surface area contributed by atoms with Crippen molar-refractivity contribution in [2.45, 2.75) is 32.7 Å². The monoisotopic (exact) mass is 416 g/mol. The first-order valence-electron chi connectivity index (χ1n) is 10.1. The molecule has 2 aromatic rings. The van der Waals surface area contributed by atoms with Crippen LogP contribution in [0.15, 0.2) is 42.5 Å². The quantitative estimate of drug-likeness (QED) is 0.773. The zero-order chi connectivity index (χ0) is 21.7. The molecule has 3 rings (SSSR count). The molecule has 0 aromatic heterocycles. The zero-order valence-corrected chi connectivity index (χ0v) is 17.2. The Bertz CT molecular complexity index is 892. The SMILES string of the molecule is CC(C)NC(=O)c1ccc(OCC2CCN(C(=O)c3ccc(F)cc3F)CC2)cc1. The second-order valence-electron chi connectivity index (χ2n) is 7.82. The molecule has 0 spiro atoms. The van der Waals surface area contributed by atoms with E-state index in [9.17, 15) is 18.4 Å². The molecule has 0 saturated carbocycles. The lowest BCUT2D eigenvalue weighted by molar-refractivity contribution is 0.0656. The number of amides is 2. The molecule has 0 bridgehead atoms. The molecule has 160 valence electrons. The van der Waals surface area contributed by atoms with E-state index in [-0.39, 0.29) is 23.4 Å². The van der Waals surface area contributed by atoms with Crippen LogP contribution in [-0.4, -0.2) is 42.5 Å². The van der Waals surface area contributed by atoms with E-state index < -0.39 is 17.5 Å². The molecule has 1 saturated heterocycles. The van der Waals surface area contributed by atoms with Gasteiger partial charge in [-0.3, -0.25) is 9.59 Å². The van der Waals surface area contributed by atoms with Crippen LogP contribution in [0.25, 0.3) is 0 Å². The minimum Gasteiger partial charge on any atom is -0.493 e. The van der Waals surface area contributed by atoms with Crippen molar-refractivity contribution in [3.8, 4) is 5.75 Å². The summed E-state index contributed by atoms with van der Waals surface area (Å²) in [4.78, 5) is 26.0. The minimum atomic E-state index is -0.837. The van der Waals surface area contributed by atoms with E-state index in [1.165, 1.54) is 6.07 Å². The lowest BCUT2D eigenvalue weighted by atomic mass is 9.97. The van der Waals surface area contributed by atoms with Crippen molar-refractivity contribution >= 4 is 11.8 Å². The van der Waals surface area contributed by atoms with Crippen molar-refractivity contribution in [1.29, 1.82) is 0 Å². The molecule has 2 aromatic carbocycles. The minimum absolute atomic E-state index is 0.0747. The Morgan fingerprint density at radius 1 is 1.10 bits per heavy atom. The number of carbonyl (C=O) groups excluding carboxylic acids is 2. The van der Waals surface area contributed by atoms with Crippen LogP contribution in [0.1, 0.15) is 47.4 Å². The van der Waals surface area contributed by atoms with Crippen LogP contribution in [0.5, 0.6) is 5.75 Å². The lowest BCUT2D eigenvalue weighted by Gasteiger charge is -2.32. The average molecular weight is 416 g/mol. The first-order chi connectivity index (χ1) is 14.3. The van der Waals surface area contributed by atoms with Crippen LogP contribution >= 0.6 is 0 Å². The summed E-state index contributed by atoms with van der Waals surface area (Å²) < 4.78 is 32.7. The number of nitrogens with one attached hydrogen (secondary N) is 1. The summed E-state index contributed by atoms with van der Waals surface area (Å²) in [5.41, 5.74) is 0.476. The predicted octanol–water partition coefficient (Wildman–Crippen LogP) is 4.03. The maximum atomic E-state index is 13.8. The van der Waals surface area contributed by atoms with Gasteiger partial charge >= 0.3 is 0 Å². The first-order valence-corrected chi connectivity index (χ1v) is 10.1. The Hall–Kier alpha value is -2.96. The van der Waals surface area contributed by atoms with Gasteiger partial charge in [0.25, 0.3) is 11.8 Å². The second kappa shape index (κ2) is 9.69. The largest absolute Gasteiger partial charge is 0.493 e. The number of carbonyl (C=O) groups is 2. The lowest BCUT2D eigenvalue weighted by Crippen LogP contribution is -2.40. The van der Waals surface area contributed by atoms with Crippen molar-refractivity contribution in [2.75, 3.05) is 19.7 Å². The first kappa shape index (κ1) is 21.7. The summed E-state index contributed by atoms with van der Waals surface area (Å²) in [5, 5.41) is 2.84. The van der Waals surface area contributed by atoms with Crippen LogP contribution in [0, 0.1) is 17.6 Å². The predicted molar refractivity (Wildman–Crippen MR) is 110 cm³/mol. The molecule has 7 heteroatoms.